The predicted molar refractivity (Wildman–Crippen MR) is 90.5 cm³/mol. The molecule has 0 saturated heterocycles. The highest BCUT2D eigenvalue weighted by molar-refractivity contribution is 5.86. The standard InChI is InChI=1S/C18H28N2O/c1-4-7-13-20(14-8-5-2)17-11-9-16(10-12-17)15-19-18(21)6-3/h6,9-12H,3-5,7-8,13-15H2,1-2H3,(H,19,21). The minimum Gasteiger partial charge on any atom is -0.372 e. The van der Waals surface area contributed by atoms with Gasteiger partial charge >= 0.3 is 0 Å². The van der Waals surface area contributed by atoms with Crippen molar-refractivity contribution in [2.45, 2.75) is 46.1 Å². The van der Waals surface area contributed by atoms with Crippen LogP contribution in [0.25, 0.3) is 0 Å². The van der Waals surface area contributed by atoms with Crippen LogP contribution in [0.5, 0.6) is 0 Å². The number of anilines is 1. The van der Waals surface area contributed by atoms with Crippen LogP contribution in [0.4, 0.5) is 5.69 Å². The zero-order valence-electron chi connectivity index (χ0n) is 13.4. The van der Waals surface area contributed by atoms with Crippen LogP contribution in [0.2, 0.25) is 0 Å². The normalized spacial score (nSPS) is 10.2. The Morgan fingerprint density at radius 1 is 1.14 bits per heavy atom. The molecule has 0 saturated carbocycles. The number of amides is 1. The first kappa shape index (κ1) is 17.3. The fraction of sp³-hybridized carbons (Fsp3) is 0.500. The summed E-state index contributed by atoms with van der Waals surface area (Å²) in [7, 11) is 0. The highest BCUT2D eigenvalue weighted by Gasteiger charge is 2.05. The first-order chi connectivity index (χ1) is 10.2. The van der Waals surface area contributed by atoms with E-state index in [4.69, 9.17) is 0 Å². The molecule has 0 aliphatic carbocycles. The summed E-state index contributed by atoms with van der Waals surface area (Å²) in [4.78, 5) is 13.6. The van der Waals surface area contributed by atoms with E-state index in [2.05, 4.69) is 54.9 Å². The van der Waals surface area contributed by atoms with Crippen molar-refractivity contribution in [1.29, 1.82) is 0 Å². The van der Waals surface area contributed by atoms with Gasteiger partial charge in [0.05, 0.1) is 0 Å². The quantitative estimate of drug-likeness (QED) is 0.662. The van der Waals surface area contributed by atoms with E-state index >= 15 is 0 Å². The molecule has 0 radical (unpaired) electrons. The maximum absolute atomic E-state index is 11.2. The second-order valence-corrected chi connectivity index (χ2v) is 5.28. The predicted octanol–water partition coefficient (Wildman–Crippen LogP) is 3.90. The molecule has 0 unspecified atom stereocenters. The third-order valence-electron chi connectivity index (χ3n) is 3.52. The van der Waals surface area contributed by atoms with Gasteiger partial charge in [-0.25, -0.2) is 0 Å². The molecule has 0 fully saturated rings. The number of carbonyl (C=O) groups excluding carboxylic acids is 1. The molecule has 3 nitrogen and oxygen atoms in total. The Bertz CT molecular complexity index is 417. The van der Waals surface area contributed by atoms with Gasteiger partial charge in [-0.1, -0.05) is 45.4 Å². The Morgan fingerprint density at radius 3 is 2.19 bits per heavy atom. The van der Waals surface area contributed by atoms with E-state index in [1.807, 2.05) is 0 Å². The number of nitrogens with zero attached hydrogens (tertiary/aromatic N) is 1. The molecule has 116 valence electrons. The lowest BCUT2D eigenvalue weighted by Gasteiger charge is -2.25. The smallest absolute Gasteiger partial charge is 0.243 e. The van der Waals surface area contributed by atoms with E-state index in [1.165, 1.54) is 37.4 Å². The Kier molecular flexibility index (Phi) is 8.25. The summed E-state index contributed by atoms with van der Waals surface area (Å²) in [5, 5.41) is 2.80. The summed E-state index contributed by atoms with van der Waals surface area (Å²) < 4.78 is 0. The fourth-order valence-electron chi connectivity index (χ4n) is 2.15. The highest BCUT2D eigenvalue weighted by Crippen LogP contribution is 2.17. The summed E-state index contributed by atoms with van der Waals surface area (Å²) in [6, 6.07) is 8.48. The molecule has 1 N–H and O–H groups in total. The monoisotopic (exact) mass is 288 g/mol. The van der Waals surface area contributed by atoms with Crippen molar-refractivity contribution in [2.24, 2.45) is 0 Å². The number of nitrogens with one attached hydrogen (secondary N) is 1. The van der Waals surface area contributed by atoms with Gasteiger partial charge in [0.25, 0.3) is 0 Å². The summed E-state index contributed by atoms with van der Waals surface area (Å²) in [5.41, 5.74) is 2.38. The second-order valence-electron chi connectivity index (χ2n) is 5.28. The minimum absolute atomic E-state index is 0.133. The molecule has 1 rings (SSSR count). The van der Waals surface area contributed by atoms with E-state index in [-0.39, 0.29) is 5.91 Å². The zero-order chi connectivity index (χ0) is 15.5. The molecule has 0 aliphatic heterocycles. The molecule has 3 heteroatoms. The average molecular weight is 288 g/mol. The van der Waals surface area contributed by atoms with Gasteiger partial charge in [0.2, 0.25) is 5.91 Å². The van der Waals surface area contributed by atoms with Gasteiger partial charge in [-0.05, 0) is 36.6 Å². The molecule has 0 aliphatic rings. The lowest BCUT2D eigenvalue weighted by molar-refractivity contribution is -0.116. The third-order valence-corrected chi connectivity index (χ3v) is 3.52. The molecule has 0 bridgehead atoms. The minimum atomic E-state index is -0.133. The van der Waals surface area contributed by atoms with Crippen LogP contribution in [-0.2, 0) is 11.3 Å². The van der Waals surface area contributed by atoms with Crippen molar-refractivity contribution in [2.75, 3.05) is 18.0 Å². The molecule has 0 heterocycles. The summed E-state index contributed by atoms with van der Waals surface area (Å²) in [5.74, 6) is -0.133. The SMILES string of the molecule is C=CC(=O)NCc1ccc(N(CCCC)CCCC)cc1. The van der Waals surface area contributed by atoms with Crippen LogP contribution in [0.1, 0.15) is 45.1 Å². The van der Waals surface area contributed by atoms with Crippen LogP contribution < -0.4 is 10.2 Å². The highest BCUT2D eigenvalue weighted by atomic mass is 16.1. The Hall–Kier alpha value is -1.77. The Labute approximate surface area is 129 Å². The number of carbonyl (C=O) groups is 1. The molecule has 21 heavy (non-hydrogen) atoms. The maximum atomic E-state index is 11.2. The molecular weight excluding hydrogens is 260 g/mol. The van der Waals surface area contributed by atoms with E-state index in [1.54, 1.807) is 0 Å². The number of benzene rings is 1. The van der Waals surface area contributed by atoms with Gasteiger partial charge in [-0.15, -0.1) is 0 Å². The van der Waals surface area contributed by atoms with E-state index in [0.29, 0.717) is 6.54 Å². The topological polar surface area (TPSA) is 32.3 Å². The van der Waals surface area contributed by atoms with Crippen LogP contribution in [0, 0.1) is 0 Å². The first-order valence-corrected chi connectivity index (χ1v) is 7.95. The number of hydrogen-bond donors (Lipinski definition) is 1. The maximum Gasteiger partial charge on any atom is 0.243 e. The van der Waals surface area contributed by atoms with Crippen molar-refractivity contribution < 1.29 is 4.79 Å². The van der Waals surface area contributed by atoms with Gasteiger partial charge in [0.1, 0.15) is 0 Å². The molecular formula is C18H28N2O. The van der Waals surface area contributed by atoms with E-state index in [0.717, 1.165) is 18.7 Å². The lowest BCUT2D eigenvalue weighted by Crippen LogP contribution is -2.25. The molecule has 1 amide bonds. The van der Waals surface area contributed by atoms with Crippen LogP contribution in [0.3, 0.4) is 0 Å². The lowest BCUT2D eigenvalue weighted by atomic mass is 10.1. The van der Waals surface area contributed by atoms with Crippen molar-refractivity contribution in [3.63, 3.8) is 0 Å². The summed E-state index contributed by atoms with van der Waals surface area (Å²) in [6.07, 6.45) is 6.18. The van der Waals surface area contributed by atoms with Gasteiger partial charge in [-0.2, -0.15) is 0 Å². The van der Waals surface area contributed by atoms with Crippen molar-refractivity contribution in [1.82, 2.24) is 5.32 Å². The van der Waals surface area contributed by atoms with Crippen LogP contribution in [0.15, 0.2) is 36.9 Å². The Morgan fingerprint density at radius 2 is 1.71 bits per heavy atom. The summed E-state index contributed by atoms with van der Waals surface area (Å²) in [6.45, 7) is 10.7. The van der Waals surface area contributed by atoms with Gasteiger partial charge in [0.15, 0.2) is 0 Å². The molecule has 0 atom stereocenters. The van der Waals surface area contributed by atoms with Gasteiger partial charge < -0.3 is 10.2 Å². The number of unbranched alkanes of at least 4 members (excludes halogenated alkanes) is 2. The van der Waals surface area contributed by atoms with Crippen LogP contribution >= 0.6 is 0 Å². The number of hydrogen-bond acceptors (Lipinski definition) is 2. The van der Waals surface area contributed by atoms with Crippen molar-refractivity contribution >= 4 is 11.6 Å². The van der Waals surface area contributed by atoms with E-state index < -0.39 is 0 Å². The Balaban J connectivity index is 2.62. The number of rotatable bonds is 10. The van der Waals surface area contributed by atoms with Crippen LogP contribution in [-0.4, -0.2) is 19.0 Å². The first-order valence-electron chi connectivity index (χ1n) is 7.95. The van der Waals surface area contributed by atoms with E-state index in [9.17, 15) is 4.79 Å². The summed E-state index contributed by atoms with van der Waals surface area (Å²) >= 11 is 0. The average Bonchev–Trinajstić information content (AvgIpc) is 2.53. The zero-order valence-corrected chi connectivity index (χ0v) is 13.4. The fourth-order valence-corrected chi connectivity index (χ4v) is 2.15. The molecule has 1 aromatic carbocycles. The second kappa shape index (κ2) is 10.0. The van der Waals surface area contributed by atoms with Crippen molar-refractivity contribution in [3.8, 4) is 0 Å². The molecule has 0 aromatic heterocycles. The molecule has 1 aromatic rings. The van der Waals surface area contributed by atoms with Crippen molar-refractivity contribution in [3.05, 3.63) is 42.5 Å². The van der Waals surface area contributed by atoms with Gasteiger partial charge in [0, 0.05) is 25.3 Å². The van der Waals surface area contributed by atoms with Gasteiger partial charge in [-0.3, -0.25) is 4.79 Å². The molecule has 0 spiro atoms. The third kappa shape index (κ3) is 6.48. The largest absolute Gasteiger partial charge is 0.372 e.